The quantitative estimate of drug-likeness (QED) is 0.133. The van der Waals surface area contributed by atoms with Gasteiger partial charge in [-0.15, -0.1) is 0 Å². The van der Waals surface area contributed by atoms with Crippen LogP contribution in [-0.4, -0.2) is 192 Å². The van der Waals surface area contributed by atoms with Crippen molar-refractivity contribution in [2.45, 2.75) is 77.8 Å². The van der Waals surface area contributed by atoms with Crippen LogP contribution in [0.15, 0.2) is 0 Å². The molecular weight excluding hydrogens is 508 g/mol. The van der Waals surface area contributed by atoms with E-state index in [4.69, 9.17) is 0 Å². The van der Waals surface area contributed by atoms with Crippen molar-refractivity contribution >= 4 is 0 Å². The van der Waals surface area contributed by atoms with Crippen molar-refractivity contribution in [1.29, 1.82) is 0 Å². The van der Waals surface area contributed by atoms with Crippen LogP contribution in [0.1, 0.15) is 53.4 Å². The van der Waals surface area contributed by atoms with E-state index in [2.05, 4.69) is 29.4 Å². The van der Waals surface area contributed by atoms with Gasteiger partial charge in [0.2, 0.25) is 0 Å². The van der Waals surface area contributed by atoms with Crippen LogP contribution >= 0.6 is 0 Å². The summed E-state index contributed by atoms with van der Waals surface area (Å²) in [5, 5.41) is 40.6. The van der Waals surface area contributed by atoms with Crippen LogP contribution in [-0.2, 0) is 0 Å². The van der Waals surface area contributed by atoms with E-state index in [9.17, 15) is 20.4 Å². The molecule has 2 aliphatic rings. The van der Waals surface area contributed by atoms with Gasteiger partial charge in [-0.05, 0) is 79.6 Å². The van der Waals surface area contributed by atoms with E-state index in [0.717, 1.165) is 65.4 Å². The summed E-state index contributed by atoms with van der Waals surface area (Å²) in [5.74, 6) is 0. The van der Waals surface area contributed by atoms with Gasteiger partial charge in [-0.25, -0.2) is 0 Å². The average Bonchev–Trinajstić information content (AvgIpc) is 3.58. The van der Waals surface area contributed by atoms with E-state index in [1.54, 1.807) is 0 Å². The molecule has 10 heteroatoms. The van der Waals surface area contributed by atoms with Gasteiger partial charge in [-0.1, -0.05) is 0 Å². The first-order valence-corrected chi connectivity index (χ1v) is 16.2. The highest BCUT2D eigenvalue weighted by atomic mass is 16.3. The lowest BCUT2D eigenvalue weighted by Gasteiger charge is -2.33. The number of hydrogen-bond donors (Lipinski definition) is 4. The van der Waals surface area contributed by atoms with Crippen LogP contribution in [0.25, 0.3) is 0 Å². The number of likely N-dealkylation sites (tertiary alicyclic amines) is 2. The number of aliphatic hydroxyl groups excluding tert-OH is 4. The molecule has 0 bridgehead atoms. The zero-order valence-electron chi connectivity index (χ0n) is 26.3. The first-order chi connectivity index (χ1) is 19.1. The van der Waals surface area contributed by atoms with E-state index < -0.39 is 12.2 Å². The molecule has 2 fully saturated rings. The lowest BCUT2D eigenvalue weighted by atomic mass is 10.2. The van der Waals surface area contributed by atoms with Crippen molar-refractivity contribution in [2.24, 2.45) is 0 Å². The standard InChI is InChI=1S/C30H64N6O4/c1-27(37)23-33(15-13-31-9-5-6-10-31)17-19-35(25-29(3)39)21-22-36(26-30(4)40)20-18-34(24-28(2)38)16-14-32-11-7-8-12-32/h27-30,37-40H,5-26H2,1-4H3. The van der Waals surface area contributed by atoms with Crippen molar-refractivity contribution in [1.82, 2.24) is 29.4 Å². The van der Waals surface area contributed by atoms with Crippen LogP contribution in [0.5, 0.6) is 0 Å². The fourth-order valence-corrected chi connectivity index (χ4v) is 6.10. The smallest absolute Gasteiger partial charge is 0.0639 e. The molecule has 10 nitrogen and oxygen atoms in total. The molecule has 4 unspecified atom stereocenters. The van der Waals surface area contributed by atoms with Gasteiger partial charge in [0.1, 0.15) is 0 Å². The van der Waals surface area contributed by atoms with E-state index in [-0.39, 0.29) is 12.2 Å². The molecule has 2 heterocycles. The Labute approximate surface area is 245 Å². The summed E-state index contributed by atoms with van der Waals surface area (Å²) in [6.07, 6.45) is 3.61. The van der Waals surface area contributed by atoms with E-state index in [1.807, 2.05) is 27.7 Å². The van der Waals surface area contributed by atoms with Crippen LogP contribution in [0.2, 0.25) is 0 Å². The Balaban J connectivity index is 1.89. The van der Waals surface area contributed by atoms with Gasteiger partial charge in [0.25, 0.3) is 0 Å². The Hall–Kier alpha value is -0.400. The Bertz CT molecular complexity index is 563. The van der Waals surface area contributed by atoms with Gasteiger partial charge in [-0.2, -0.15) is 0 Å². The monoisotopic (exact) mass is 572 g/mol. The molecule has 2 aliphatic heterocycles. The van der Waals surface area contributed by atoms with Crippen LogP contribution in [0.3, 0.4) is 0 Å². The molecule has 0 aromatic rings. The third kappa shape index (κ3) is 16.9. The molecule has 4 N–H and O–H groups in total. The van der Waals surface area contributed by atoms with E-state index in [1.165, 1.54) is 51.9 Å². The predicted molar refractivity (Wildman–Crippen MR) is 164 cm³/mol. The molecule has 40 heavy (non-hydrogen) atoms. The molecule has 0 radical (unpaired) electrons. The number of aliphatic hydroxyl groups is 4. The van der Waals surface area contributed by atoms with Crippen molar-refractivity contribution in [2.75, 3.05) is 118 Å². The van der Waals surface area contributed by atoms with Gasteiger partial charge in [0, 0.05) is 91.6 Å². The van der Waals surface area contributed by atoms with Crippen molar-refractivity contribution in [3.8, 4) is 0 Å². The fourth-order valence-electron chi connectivity index (χ4n) is 6.10. The zero-order chi connectivity index (χ0) is 29.3. The third-order valence-corrected chi connectivity index (χ3v) is 8.15. The van der Waals surface area contributed by atoms with Crippen LogP contribution < -0.4 is 0 Å². The number of nitrogens with zero attached hydrogens (tertiary/aromatic N) is 6. The average molecular weight is 573 g/mol. The minimum Gasteiger partial charge on any atom is -0.392 e. The summed E-state index contributed by atoms with van der Waals surface area (Å²) in [4.78, 5) is 14.4. The SMILES string of the molecule is CC(O)CN(CCN1CCCC1)CCN(CCN(CCN(CCN1CCCC1)CC(C)O)CC(C)O)CC(C)O. The summed E-state index contributed by atoms with van der Waals surface area (Å²) in [6.45, 7) is 23.7. The lowest BCUT2D eigenvalue weighted by Crippen LogP contribution is -2.47. The van der Waals surface area contributed by atoms with Gasteiger partial charge in [-0.3, -0.25) is 19.6 Å². The Morgan fingerprint density at radius 2 is 0.650 bits per heavy atom. The lowest BCUT2D eigenvalue weighted by molar-refractivity contribution is 0.0713. The largest absolute Gasteiger partial charge is 0.392 e. The predicted octanol–water partition coefficient (Wildman–Crippen LogP) is -0.0908. The summed E-state index contributed by atoms with van der Waals surface area (Å²) in [7, 11) is 0. The van der Waals surface area contributed by atoms with Gasteiger partial charge in [0.05, 0.1) is 24.4 Å². The van der Waals surface area contributed by atoms with E-state index >= 15 is 0 Å². The van der Waals surface area contributed by atoms with Crippen molar-refractivity contribution < 1.29 is 20.4 Å². The highest BCUT2D eigenvalue weighted by Crippen LogP contribution is 2.09. The molecule has 238 valence electrons. The molecule has 2 rings (SSSR count). The fraction of sp³-hybridized carbons (Fsp3) is 1.00. The molecular formula is C30H64N6O4. The maximum atomic E-state index is 10.2. The highest BCUT2D eigenvalue weighted by Gasteiger charge is 2.19. The second kappa shape index (κ2) is 20.5. The number of rotatable bonds is 23. The second-order valence-electron chi connectivity index (χ2n) is 12.7. The summed E-state index contributed by atoms with van der Waals surface area (Å²) >= 11 is 0. The van der Waals surface area contributed by atoms with Gasteiger partial charge in [0.15, 0.2) is 0 Å². The number of hydrogen-bond acceptors (Lipinski definition) is 10. The Morgan fingerprint density at radius 1 is 0.425 bits per heavy atom. The van der Waals surface area contributed by atoms with Gasteiger partial charge < -0.3 is 30.2 Å². The third-order valence-electron chi connectivity index (χ3n) is 8.15. The van der Waals surface area contributed by atoms with Gasteiger partial charge >= 0.3 is 0 Å². The molecule has 0 amide bonds. The summed E-state index contributed by atoms with van der Waals surface area (Å²) in [5.41, 5.74) is 0. The Morgan fingerprint density at radius 3 is 0.875 bits per heavy atom. The van der Waals surface area contributed by atoms with Crippen molar-refractivity contribution in [3.05, 3.63) is 0 Å². The van der Waals surface area contributed by atoms with Crippen LogP contribution in [0.4, 0.5) is 0 Å². The molecule has 0 spiro atoms. The highest BCUT2D eigenvalue weighted by molar-refractivity contribution is 4.75. The minimum absolute atomic E-state index is 0.361. The van der Waals surface area contributed by atoms with E-state index in [0.29, 0.717) is 26.2 Å². The first-order valence-electron chi connectivity index (χ1n) is 16.2. The normalized spacial score (nSPS) is 20.4. The molecule has 0 saturated carbocycles. The maximum Gasteiger partial charge on any atom is 0.0639 e. The minimum atomic E-state index is -0.410. The molecule has 0 aromatic heterocycles. The molecule has 2 saturated heterocycles. The topological polar surface area (TPSA) is 100 Å². The first kappa shape index (κ1) is 35.8. The summed E-state index contributed by atoms with van der Waals surface area (Å²) < 4.78 is 0. The zero-order valence-corrected chi connectivity index (χ0v) is 26.3. The molecule has 4 atom stereocenters. The second-order valence-corrected chi connectivity index (χ2v) is 12.7. The summed E-state index contributed by atoms with van der Waals surface area (Å²) in [6, 6.07) is 0. The molecule has 0 aliphatic carbocycles. The molecule has 0 aromatic carbocycles. The van der Waals surface area contributed by atoms with Crippen molar-refractivity contribution in [3.63, 3.8) is 0 Å². The van der Waals surface area contributed by atoms with Crippen LogP contribution in [0, 0.1) is 0 Å². The Kier molecular flexibility index (Phi) is 18.3. The maximum absolute atomic E-state index is 10.2.